The Bertz CT molecular complexity index is 930. The maximum atomic E-state index is 10.3. The highest BCUT2D eigenvalue weighted by Crippen LogP contribution is 2.34. The molecule has 0 spiro atoms. The lowest BCUT2D eigenvalue weighted by Gasteiger charge is -2.31. The van der Waals surface area contributed by atoms with Crippen LogP contribution in [0.25, 0.3) is 11.2 Å². The van der Waals surface area contributed by atoms with Gasteiger partial charge in [-0.15, -0.1) is 0 Å². The molecule has 10 nitrogen and oxygen atoms in total. The van der Waals surface area contributed by atoms with Gasteiger partial charge in [0, 0.05) is 0 Å². The Morgan fingerprint density at radius 2 is 2.15 bits per heavy atom. The first-order valence-corrected chi connectivity index (χ1v) is 8.62. The van der Waals surface area contributed by atoms with Crippen LogP contribution in [0.2, 0.25) is 0 Å². The number of imidazole rings is 1. The van der Waals surface area contributed by atoms with E-state index in [4.69, 9.17) is 9.15 Å². The molecule has 0 unspecified atom stereocenters. The Labute approximate surface area is 155 Å². The fraction of sp³-hybridized carbons (Fsp3) is 0.400. The van der Waals surface area contributed by atoms with Crippen LogP contribution in [-0.4, -0.2) is 60.3 Å². The van der Waals surface area contributed by atoms with Crippen molar-refractivity contribution in [1.29, 1.82) is 0 Å². The van der Waals surface area contributed by atoms with Gasteiger partial charge in [0.05, 0.1) is 26.1 Å². The third-order valence-electron chi connectivity index (χ3n) is 4.36. The van der Waals surface area contributed by atoms with E-state index in [0.717, 1.165) is 0 Å². The van der Waals surface area contributed by atoms with Gasteiger partial charge in [-0.25, -0.2) is 15.0 Å². The molecule has 11 heteroatoms. The molecule has 1 fully saturated rings. The summed E-state index contributed by atoms with van der Waals surface area (Å²) in [6.07, 6.45) is 0.294. The van der Waals surface area contributed by atoms with Gasteiger partial charge in [0.25, 0.3) is 0 Å². The molecule has 0 saturated carbocycles. The highest BCUT2D eigenvalue weighted by molar-refractivity contribution is 9.10. The number of nitrogens with one attached hydrogen (secondary N) is 1. The predicted octanol–water partition coefficient (Wildman–Crippen LogP) is 0.191. The SMILES string of the molecule is OC[C@@]1(n2cnc3c(NCc4ccc(Br)o4)ncnc32)OC[C@@H](O)[C@@H]1O. The van der Waals surface area contributed by atoms with Crippen LogP contribution in [-0.2, 0) is 17.0 Å². The van der Waals surface area contributed by atoms with Crippen molar-refractivity contribution in [3.63, 3.8) is 0 Å². The largest absolute Gasteiger partial charge is 0.452 e. The third-order valence-corrected chi connectivity index (χ3v) is 4.78. The monoisotopic (exact) mass is 425 g/mol. The first-order chi connectivity index (χ1) is 12.5. The van der Waals surface area contributed by atoms with Crippen molar-refractivity contribution in [3.05, 3.63) is 35.2 Å². The van der Waals surface area contributed by atoms with E-state index in [1.54, 1.807) is 6.07 Å². The molecule has 0 aromatic carbocycles. The summed E-state index contributed by atoms with van der Waals surface area (Å²) in [4.78, 5) is 12.7. The van der Waals surface area contributed by atoms with Crippen LogP contribution in [0.5, 0.6) is 0 Å². The van der Waals surface area contributed by atoms with Crippen molar-refractivity contribution < 1.29 is 24.5 Å². The van der Waals surface area contributed by atoms with Crippen LogP contribution in [0.1, 0.15) is 5.76 Å². The molecule has 0 bridgehead atoms. The van der Waals surface area contributed by atoms with Gasteiger partial charge in [-0.05, 0) is 28.1 Å². The number of furan rings is 1. The first kappa shape index (κ1) is 17.4. The third kappa shape index (κ3) is 2.68. The molecule has 0 aliphatic carbocycles. The lowest BCUT2D eigenvalue weighted by Crippen LogP contribution is -2.48. The second-order valence-electron chi connectivity index (χ2n) is 5.89. The molecule has 1 saturated heterocycles. The molecule has 3 atom stereocenters. The quantitative estimate of drug-likeness (QED) is 0.450. The van der Waals surface area contributed by atoms with E-state index in [1.807, 2.05) is 6.07 Å². The molecule has 138 valence electrons. The summed E-state index contributed by atoms with van der Waals surface area (Å²) in [5, 5.41) is 33.1. The number of ether oxygens (including phenoxy) is 1. The van der Waals surface area contributed by atoms with Crippen LogP contribution in [0.15, 0.2) is 33.9 Å². The Hall–Kier alpha value is -2.05. The smallest absolute Gasteiger partial charge is 0.199 e. The highest BCUT2D eigenvalue weighted by atomic mass is 79.9. The van der Waals surface area contributed by atoms with Crippen LogP contribution < -0.4 is 5.32 Å². The molecule has 0 amide bonds. The van der Waals surface area contributed by atoms with Crippen molar-refractivity contribution in [3.8, 4) is 0 Å². The van der Waals surface area contributed by atoms with E-state index in [9.17, 15) is 15.3 Å². The lowest BCUT2D eigenvalue weighted by atomic mass is 10.1. The van der Waals surface area contributed by atoms with Crippen LogP contribution in [0, 0.1) is 0 Å². The Kier molecular flexibility index (Phi) is 4.40. The van der Waals surface area contributed by atoms with Crippen molar-refractivity contribution in [1.82, 2.24) is 19.5 Å². The number of aliphatic hydroxyl groups excluding tert-OH is 3. The number of aromatic nitrogens is 4. The molecule has 3 aromatic rings. The van der Waals surface area contributed by atoms with Gasteiger partial charge in [-0.3, -0.25) is 4.57 Å². The zero-order valence-corrected chi connectivity index (χ0v) is 15.0. The number of anilines is 1. The second-order valence-corrected chi connectivity index (χ2v) is 6.68. The number of aliphatic hydroxyl groups is 3. The summed E-state index contributed by atoms with van der Waals surface area (Å²) in [7, 11) is 0. The molecule has 26 heavy (non-hydrogen) atoms. The highest BCUT2D eigenvalue weighted by Gasteiger charge is 2.51. The zero-order chi connectivity index (χ0) is 18.3. The molecule has 0 radical (unpaired) electrons. The zero-order valence-electron chi connectivity index (χ0n) is 13.4. The van der Waals surface area contributed by atoms with Gasteiger partial charge in [0.1, 0.15) is 24.3 Å². The predicted molar refractivity (Wildman–Crippen MR) is 92.1 cm³/mol. The van der Waals surface area contributed by atoms with E-state index < -0.39 is 24.5 Å². The molecular weight excluding hydrogens is 410 g/mol. The minimum atomic E-state index is -1.55. The van der Waals surface area contributed by atoms with E-state index in [2.05, 4.69) is 36.2 Å². The summed E-state index contributed by atoms with van der Waals surface area (Å²) >= 11 is 3.25. The van der Waals surface area contributed by atoms with Gasteiger partial charge in [0.2, 0.25) is 0 Å². The van der Waals surface area contributed by atoms with Gasteiger partial charge in [0.15, 0.2) is 27.4 Å². The standard InChI is InChI=1S/C15H16BrN5O5/c16-10-2-1-8(26-10)3-17-13-11-14(19-6-18-13)21(7-20-11)15(5-22)12(24)9(23)4-25-15/h1-2,6-7,9,12,22-24H,3-5H2,(H,17,18,19)/t9-,12+,15-/m1/s1. The van der Waals surface area contributed by atoms with Crippen molar-refractivity contribution in [2.45, 2.75) is 24.5 Å². The topological polar surface area (TPSA) is 139 Å². The number of rotatable bonds is 5. The molecule has 4 N–H and O–H groups in total. The summed E-state index contributed by atoms with van der Waals surface area (Å²) in [5.74, 6) is 1.16. The van der Waals surface area contributed by atoms with Gasteiger partial charge >= 0.3 is 0 Å². The minimum absolute atomic E-state index is 0.106. The number of nitrogens with zero attached hydrogens (tertiary/aromatic N) is 4. The number of hydrogen-bond acceptors (Lipinski definition) is 9. The summed E-state index contributed by atoms with van der Waals surface area (Å²) in [6, 6.07) is 3.61. The minimum Gasteiger partial charge on any atom is -0.452 e. The number of hydrogen-bond donors (Lipinski definition) is 4. The molecule has 4 heterocycles. The van der Waals surface area contributed by atoms with Crippen LogP contribution in [0.3, 0.4) is 0 Å². The van der Waals surface area contributed by atoms with Crippen LogP contribution in [0.4, 0.5) is 5.82 Å². The first-order valence-electron chi connectivity index (χ1n) is 7.83. The molecule has 4 rings (SSSR count). The maximum absolute atomic E-state index is 10.3. The van der Waals surface area contributed by atoms with Crippen molar-refractivity contribution in [2.24, 2.45) is 0 Å². The average Bonchev–Trinajstić information content (AvgIpc) is 3.33. The van der Waals surface area contributed by atoms with E-state index in [1.165, 1.54) is 17.2 Å². The molecule has 1 aliphatic heterocycles. The van der Waals surface area contributed by atoms with Crippen molar-refractivity contribution >= 4 is 32.9 Å². The van der Waals surface area contributed by atoms with E-state index in [-0.39, 0.29) is 6.61 Å². The fourth-order valence-electron chi connectivity index (χ4n) is 2.99. The molecular formula is C15H16BrN5O5. The maximum Gasteiger partial charge on any atom is 0.199 e. The fourth-order valence-corrected chi connectivity index (χ4v) is 3.33. The molecule has 3 aromatic heterocycles. The van der Waals surface area contributed by atoms with Gasteiger partial charge in [-0.1, -0.05) is 0 Å². The van der Waals surface area contributed by atoms with Crippen LogP contribution >= 0.6 is 15.9 Å². The van der Waals surface area contributed by atoms with E-state index >= 15 is 0 Å². The van der Waals surface area contributed by atoms with E-state index in [0.29, 0.717) is 34.0 Å². The Morgan fingerprint density at radius 3 is 2.81 bits per heavy atom. The summed E-state index contributed by atoms with van der Waals surface area (Å²) in [5.41, 5.74) is -0.764. The molecule has 1 aliphatic rings. The Morgan fingerprint density at radius 1 is 1.31 bits per heavy atom. The Balaban J connectivity index is 1.69. The number of halogens is 1. The average molecular weight is 426 g/mol. The van der Waals surface area contributed by atoms with Crippen molar-refractivity contribution in [2.75, 3.05) is 18.5 Å². The normalized spacial score (nSPS) is 25.8. The summed E-state index contributed by atoms with van der Waals surface area (Å²) in [6.45, 7) is -0.275. The van der Waals surface area contributed by atoms with Gasteiger partial charge in [-0.2, -0.15) is 0 Å². The number of fused-ring (bicyclic) bond motifs is 1. The second kappa shape index (κ2) is 6.59. The van der Waals surface area contributed by atoms with Gasteiger partial charge < -0.3 is 29.8 Å². The summed E-state index contributed by atoms with van der Waals surface area (Å²) < 4.78 is 13.0. The lowest BCUT2D eigenvalue weighted by molar-refractivity contribution is -0.149.